The van der Waals surface area contributed by atoms with Gasteiger partial charge in [0.15, 0.2) is 0 Å². The molecule has 1 aromatic heterocycles. The number of sulfonamides is 1. The van der Waals surface area contributed by atoms with Crippen LogP contribution in [0, 0.1) is 17.1 Å². The predicted octanol–water partition coefficient (Wildman–Crippen LogP) is 6.20. The lowest BCUT2D eigenvalue weighted by atomic mass is 10.1. The van der Waals surface area contributed by atoms with Crippen molar-refractivity contribution in [3.8, 4) is 17.6 Å². The van der Waals surface area contributed by atoms with E-state index < -0.39 is 29.9 Å². The van der Waals surface area contributed by atoms with E-state index >= 15 is 0 Å². The standard InChI is InChI=1S/C29H26ClFN4O6S3/c1-2-40-28-13-25-23(12-26(28)35-43(36,37)17-22-8-9-44(38,39)42-22)29(19(14-32)15-33-25)34-21-6-7-27(24(30)11-21)41-16-18-4-3-5-20(31)10-18/h3-7,10-13,15,22,35H,2,8-9,16-17H2,1H3,(H,33,34). The van der Waals surface area contributed by atoms with Gasteiger partial charge in [0.05, 0.1) is 45.6 Å². The topological polar surface area (TPSA) is 147 Å². The molecule has 0 amide bonds. The number of halogens is 2. The van der Waals surface area contributed by atoms with Crippen LogP contribution in [0.4, 0.5) is 21.5 Å². The summed E-state index contributed by atoms with van der Waals surface area (Å²) in [6.07, 6.45) is 1.63. The highest BCUT2D eigenvalue weighted by atomic mass is 35.5. The van der Waals surface area contributed by atoms with E-state index in [1.165, 1.54) is 24.4 Å². The summed E-state index contributed by atoms with van der Waals surface area (Å²) >= 11 is 6.48. The van der Waals surface area contributed by atoms with Gasteiger partial charge >= 0.3 is 0 Å². The van der Waals surface area contributed by atoms with E-state index in [1.54, 1.807) is 43.3 Å². The second-order valence-electron chi connectivity index (χ2n) is 9.80. The van der Waals surface area contributed by atoms with E-state index in [1.807, 2.05) is 0 Å². The van der Waals surface area contributed by atoms with E-state index in [4.69, 9.17) is 21.1 Å². The van der Waals surface area contributed by atoms with Crippen LogP contribution in [0.2, 0.25) is 5.02 Å². The van der Waals surface area contributed by atoms with E-state index in [2.05, 4.69) is 21.1 Å². The summed E-state index contributed by atoms with van der Waals surface area (Å²) in [7, 11) is -6.64. The number of anilines is 3. The third-order valence-electron chi connectivity index (χ3n) is 6.52. The molecule has 0 saturated carbocycles. The zero-order chi connectivity index (χ0) is 31.5. The van der Waals surface area contributed by atoms with Crippen LogP contribution in [-0.4, -0.2) is 45.2 Å². The zero-order valence-electron chi connectivity index (χ0n) is 23.2. The number of rotatable bonds is 11. The van der Waals surface area contributed by atoms with Crippen molar-refractivity contribution in [2.24, 2.45) is 0 Å². The predicted molar refractivity (Wildman–Crippen MR) is 170 cm³/mol. The summed E-state index contributed by atoms with van der Waals surface area (Å²) < 4.78 is 77.3. The molecule has 0 radical (unpaired) electrons. The molecule has 0 aliphatic carbocycles. The molecule has 2 heterocycles. The number of ether oxygens (including phenoxy) is 2. The highest BCUT2D eigenvalue weighted by Crippen LogP contribution is 2.38. The molecule has 1 saturated heterocycles. The molecule has 1 aliphatic rings. The van der Waals surface area contributed by atoms with Crippen LogP contribution in [0.1, 0.15) is 24.5 Å². The molecule has 10 nitrogen and oxygen atoms in total. The minimum atomic E-state index is -3.98. The maximum Gasteiger partial charge on any atom is 0.233 e. The van der Waals surface area contributed by atoms with Crippen molar-refractivity contribution < 1.29 is 30.7 Å². The molecule has 3 aromatic carbocycles. The largest absolute Gasteiger partial charge is 0.492 e. The fourth-order valence-corrected chi connectivity index (χ4v) is 10.9. The maximum atomic E-state index is 13.5. The minimum absolute atomic E-state index is 0.0697. The average Bonchev–Trinajstić information content (AvgIpc) is 3.30. The van der Waals surface area contributed by atoms with Crippen LogP contribution in [-0.2, 0) is 25.5 Å². The third kappa shape index (κ3) is 7.65. The molecule has 1 unspecified atom stereocenters. The van der Waals surface area contributed by atoms with Gasteiger partial charge in [-0.25, -0.2) is 21.2 Å². The normalized spacial score (nSPS) is 15.9. The summed E-state index contributed by atoms with van der Waals surface area (Å²) in [4.78, 5) is 4.36. The third-order valence-corrected chi connectivity index (χ3v) is 12.3. The van der Waals surface area contributed by atoms with Crippen LogP contribution < -0.4 is 19.5 Å². The number of aromatic nitrogens is 1. The Morgan fingerprint density at radius 3 is 2.66 bits per heavy atom. The molecular formula is C29H26ClFN4O6S3. The average molecular weight is 677 g/mol. The molecule has 5 rings (SSSR count). The fraction of sp³-hybridized carbons (Fsp3) is 0.241. The Morgan fingerprint density at radius 1 is 1.16 bits per heavy atom. The van der Waals surface area contributed by atoms with Gasteiger partial charge in [-0.1, -0.05) is 23.7 Å². The Hall–Kier alpha value is -3.77. The van der Waals surface area contributed by atoms with Gasteiger partial charge in [0.25, 0.3) is 0 Å². The molecule has 1 atom stereocenters. The highest BCUT2D eigenvalue weighted by Gasteiger charge is 2.33. The van der Waals surface area contributed by atoms with Crippen LogP contribution in [0.15, 0.2) is 60.8 Å². The number of hydrogen-bond acceptors (Lipinski definition) is 10. The molecule has 44 heavy (non-hydrogen) atoms. The lowest BCUT2D eigenvalue weighted by Gasteiger charge is -2.18. The molecule has 15 heteroatoms. The van der Waals surface area contributed by atoms with Gasteiger partial charge in [-0.15, -0.1) is 0 Å². The number of nitriles is 1. The lowest BCUT2D eigenvalue weighted by Crippen LogP contribution is -2.23. The first-order valence-corrected chi connectivity index (χ1v) is 18.4. The smallest absolute Gasteiger partial charge is 0.233 e. The van der Waals surface area contributed by atoms with Gasteiger partial charge < -0.3 is 14.8 Å². The molecule has 0 spiro atoms. The maximum absolute atomic E-state index is 13.5. The van der Waals surface area contributed by atoms with E-state index in [0.717, 1.165) is 0 Å². The van der Waals surface area contributed by atoms with E-state index in [9.17, 15) is 26.5 Å². The van der Waals surface area contributed by atoms with E-state index in [-0.39, 0.29) is 53.2 Å². The van der Waals surface area contributed by atoms with Crippen molar-refractivity contribution in [3.05, 3.63) is 82.8 Å². The number of fused-ring (bicyclic) bond motifs is 1. The second kappa shape index (κ2) is 13.1. The summed E-state index contributed by atoms with van der Waals surface area (Å²) in [5.74, 6) is -0.245. The Kier molecular flexibility index (Phi) is 9.40. The molecule has 0 bridgehead atoms. The number of nitrogens with one attached hydrogen (secondary N) is 2. The summed E-state index contributed by atoms with van der Waals surface area (Å²) in [5.41, 5.74) is 2.22. The highest BCUT2D eigenvalue weighted by molar-refractivity contribution is 8.72. The van der Waals surface area contributed by atoms with Crippen molar-refractivity contribution in [1.82, 2.24) is 4.98 Å². The first-order valence-electron chi connectivity index (χ1n) is 13.3. The fourth-order valence-electron chi connectivity index (χ4n) is 4.57. The Morgan fingerprint density at radius 2 is 1.98 bits per heavy atom. The number of hydrogen-bond donors (Lipinski definition) is 2. The number of pyridine rings is 1. The summed E-state index contributed by atoms with van der Waals surface area (Å²) in [6.45, 7) is 2.09. The Balaban J connectivity index is 1.44. The van der Waals surface area contributed by atoms with Gasteiger partial charge in [-0.05, 0) is 66.1 Å². The Labute approximate surface area is 262 Å². The van der Waals surface area contributed by atoms with Gasteiger partial charge in [-0.2, -0.15) is 5.26 Å². The first kappa shape index (κ1) is 31.6. The molecule has 1 fully saturated rings. The van der Waals surface area contributed by atoms with Crippen LogP contribution in [0.3, 0.4) is 0 Å². The number of benzene rings is 3. The zero-order valence-corrected chi connectivity index (χ0v) is 26.4. The lowest BCUT2D eigenvalue weighted by molar-refractivity contribution is 0.306. The monoisotopic (exact) mass is 676 g/mol. The Bertz CT molecular complexity index is 1990. The van der Waals surface area contributed by atoms with Crippen molar-refractivity contribution >= 4 is 69.3 Å². The molecular weight excluding hydrogens is 651 g/mol. The van der Waals surface area contributed by atoms with Crippen LogP contribution in [0.5, 0.6) is 11.5 Å². The van der Waals surface area contributed by atoms with Crippen molar-refractivity contribution in [2.75, 3.05) is 28.2 Å². The number of nitrogens with zero attached hydrogens (tertiary/aromatic N) is 2. The van der Waals surface area contributed by atoms with Crippen molar-refractivity contribution in [1.29, 1.82) is 5.26 Å². The quantitative estimate of drug-likeness (QED) is 0.176. The minimum Gasteiger partial charge on any atom is -0.492 e. The SMILES string of the molecule is CCOc1cc2ncc(C#N)c(Nc3ccc(OCc4cccc(F)c4)c(Cl)c3)c2cc1NS(=O)(=O)CC1CCS(=O)(=O)S1. The molecule has 2 N–H and O–H groups in total. The second-order valence-corrected chi connectivity index (χ2v) is 16.5. The van der Waals surface area contributed by atoms with Crippen LogP contribution >= 0.6 is 22.4 Å². The molecule has 1 aliphatic heterocycles. The van der Waals surface area contributed by atoms with Crippen LogP contribution in [0.25, 0.3) is 10.9 Å². The van der Waals surface area contributed by atoms with Gasteiger partial charge in [-0.3, -0.25) is 9.71 Å². The molecule has 230 valence electrons. The van der Waals surface area contributed by atoms with Crippen molar-refractivity contribution in [3.63, 3.8) is 0 Å². The van der Waals surface area contributed by atoms with E-state index in [0.29, 0.717) is 44.4 Å². The van der Waals surface area contributed by atoms with Crippen molar-refractivity contribution in [2.45, 2.75) is 25.2 Å². The molecule has 4 aromatic rings. The summed E-state index contributed by atoms with van der Waals surface area (Å²) in [5, 5.41) is 13.1. The van der Waals surface area contributed by atoms with Gasteiger partial charge in [0.1, 0.15) is 30.0 Å². The van der Waals surface area contributed by atoms with Gasteiger partial charge in [0, 0.05) is 28.6 Å². The van der Waals surface area contributed by atoms with Gasteiger partial charge in [0.2, 0.25) is 18.9 Å². The first-order chi connectivity index (χ1) is 20.9. The summed E-state index contributed by atoms with van der Waals surface area (Å²) in [6, 6.07) is 16.1.